The Labute approximate surface area is 97.1 Å². The van der Waals surface area contributed by atoms with Crippen LogP contribution in [0.3, 0.4) is 0 Å². The van der Waals surface area contributed by atoms with Crippen molar-refractivity contribution in [3.63, 3.8) is 0 Å². The van der Waals surface area contributed by atoms with Crippen molar-refractivity contribution in [2.45, 2.75) is 39.3 Å². The average Bonchev–Trinajstić information content (AvgIpc) is 2.81. The van der Waals surface area contributed by atoms with E-state index in [1.165, 1.54) is 0 Å². The number of aliphatic hydroxyl groups is 1. The third-order valence-corrected chi connectivity index (χ3v) is 2.87. The molecule has 92 valence electrons. The molecule has 1 aromatic rings. The van der Waals surface area contributed by atoms with Gasteiger partial charge in [0.15, 0.2) is 5.82 Å². The lowest BCUT2D eigenvalue weighted by Crippen LogP contribution is -2.31. The SMILES string of the molecule is CC.CN1CCC(n2cnnc2CO)CC1. The molecule has 0 unspecified atom stereocenters. The molecule has 1 fully saturated rings. The number of hydrogen-bond donors (Lipinski definition) is 1. The Morgan fingerprint density at radius 1 is 1.38 bits per heavy atom. The zero-order valence-corrected chi connectivity index (χ0v) is 10.4. The maximum absolute atomic E-state index is 9.06. The first-order valence-electron chi connectivity index (χ1n) is 5.99. The van der Waals surface area contributed by atoms with E-state index >= 15 is 0 Å². The van der Waals surface area contributed by atoms with Crippen LogP contribution in [0.5, 0.6) is 0 Å². The van der Waals surface area contributed by atoms with Crippen LogP contribution in [0, 0.1) is 0 Å². The van der Waals surface area contributed by atoms with E-state index in [1.807, 2.05) is 18.4 Å². The van der Waals surface area contributed by atoms with Crippen molar-refractivity contribution in [1.82, 2.24) is 19.7 Å². The molecule has 0 spiro atoms. The second-order valence-electron chi connectivity index (χ2n) is 3.85. The van der Waals surface area contributed by atoms with E-state index in [0.29, 0.717) is 11.9 Å². The van der Waals surface area contributed by atoms with Gasteiger partial charge < -0.3 is 14.6 Å². The van der Waals surface area contributed by atoms with Gasteiger partial charge in [-0.3, -0.25) is 0 Å². The van der Waals surface area contributed by atoms with Gasteiger partial charge in [0.1, 0.15) is 12.9 Å². The van der Waals surface area contributed by atoms with E-state index in [2.05, 4.69) is 22.1 Å². The Kier molecular flexibility index (Phi) is 5.42. The number of likely N-dealkylation sites (tertiary alicyclic amines) is 1. The minimum atomic E-state index is -0.0215. The number of aliphatic hydroxyl groups excluding tert-OH is 1. The molecular weight excluding hydrogens is 204 g/mol. The highest BCUT2D eigenvalue weighted by Gasteiger charge is 2.20. The monoisotopic (exact) mass is 226 g/mol. The fourth-order valence-electron chi connectivity index (χ4n) is 1.96. The van der Waals surface area contributed by atoms with Crippen LogP contribution in [-0.4, -0.2) is 44.9 Å². The molecule has 0 bridgehead atoms. The van der Waals surface area contributed by atoms with Gasteiger partial charge in [-0.1, -0.05) is 13.8 Å². The van der Waals surface area contributed by atoms with E-state index < -0.39 is 0 Å². The van der Waals surface area contributed by atoms with Crippen LogP contribution >= 0.6 is 0 Å². The van der Waals surface area contributed by atoms with Gasteiger partial charge in [-0.05, 0) is 33.0 Å². The molecule has 0 atom stereocenters. The zero-order chi connectivity index (χ0) is 12.0. The summed E-state index contributed by atoms with van der Waals surface area (Å²) < 4.78 is 2.01. The lowest BCUT2D eigenvalue weighted by molar-refractivity contribution is 0.206. The second-order valence-corrected chi connectivity index (χ2v) is 3.85. The third-order valence-electron chi connectivity index (χ3n) is 2.87. The molecule has 1 aromatic heterocycles. The van der Waals surface area contributed by atoms with Gasteiger partial charge in [0.2, 0.25) is 0 Å². The quantitative estimate of drug-likeness (QED) is 0.819. The first kappa shape index (κ1) is 13.1. The Hall–Kier alpha value is -0.940. The molecule has 2 rings (SSSR count). The number of aromatic nitrogens is 3. The first-order valence-corrected chi connectivity index (χ1v) is 5.99. The molecule has 5 heteroatoms. The van der Waals surface area contributed by atoms with E-state index in [1.54, 1.807) is 6.33 Å². The Morgan fingerprint density at radius 2 is 2.00 bits per heavy atom. The lowest BCUT2D eigenvalue weighted by atomic mass is 10.1. The molecule has 1 aliphatic heterocycles. The zero-order valence-electron chi connectivity index (χ0n) is 10.4. The predicted molar refractivity (Wildman–Crippen MR) is 63.1 cm³/mol. The molecule has 2 heterocycles. The summed E-state index contributed by atoms with van der Waals surface area (Å²) in [5, 5.41) is 16.8. The number of hydrogen-bond acceptors (Lipinski definition) is 4. The molecule has 16 heavy (non-hydrogen) atoms. The van der Waals surface area contributed by atoms with Crippen LogP contribution in [0.25, 0.3) is 0 Å². The molecule has 0 aromatic carbocycles. The maximum Gasteiger partial charge on any atom is 0.158 e. The minimum absolute atomic E-state index is 0.0215. The number of nitrogens with zero attached hydrogens (tertiary/aromatic N) is 4. The van der Waals surface area contributed by atoms with E-state index in [0.717, 1.165) is 25.9 Å². The summed E-state index contributed by atoms with van der Waals surface area (Å²) in [4.78, 5) is 2.32. The number of piperidine rings is 1. The van der Waals surface area contributed by atoms with Crippen molar-refractivity contribution in [1.29, 1.82) is 0 Å². The molecule has 0 saturated carbocycles. The summed E-state index contributed by atoms with van der Waals surface area (Å²) in [6.45, 7) is 6.19. The summed E-state index contributed by atoms with van der Waals surface area (Å²) in [7, 11) is 2.13. The maximum atomic E-state index is 9.06. The van der Waals surface area contributed by atoms with Crippen LogP contribution < -0.4 is 0 Å². The van der Waals surface area contributed by atoms with E-state index in [-0.39, 0.29) is 6.61 Å². The Morgan fingerprint density at radius 3 is 2.56 bits per heavy atom. The summed E-state index contributed by atoms with van der Waals surface area (Å²) >= 11 is 0. The van der Waals surface area contributed by atoms with E-state index in [4.69, 9.17) is 5.11 Å². The van der Waals surface area contributed by atoms with Crippen molar-refractivity contribution in [2.24, 2.45) is 0 Å². The summed E-state index contributed by atoms with van der Waals surface area (Å²) in [5.41, 5.74) is 0. The molecule has 1 aliphatic rings. The summed E-state index contributed by atoms with van der Waals surface area (Å²) in [6.07, 6.45) is 3.95. The van der Waals surface area contributed by atoms with Crippen LogP contribution in [-0.2, 0) is 6.61 Å². The molecule has 0 aliphatic carbocycles. The van der Waals surface area contributed by atoms with Crippen LogP contribution in [0.15, 0.2) is 6.33 Å². The molecule has 0 amide bonds. The highest BCUT2D eigenvalue weighted by atomic mass is 16.3. The molecule has 5 nitrogen and oxygen atoms in total. The van der Waals surface area contributed by atoms with Crippen molar-refractivity contribution in [3.05, 3.63) is 12.2 Å². The molecule has 1 N–H and O–H groups in total. The van der Waals surface area contributed by atoms with Gasteiger partial charge in [0.25, 0.3) is 0 Å². The van der Waals surface area contributed by atoms with Crippen LogP contribution in [0.2, 0.25) is 0 Å². The second kappa shape index (κ2) is 6.60. The molecule has 1 saturated heterocycles. The minimum Gasteiger partial charge on any atom is -0.388 e. The fraction of sp³-hybridized carbons (Fsp3) is 0.818. The van der Waals surface area contributed by atoms with Crippen molar-refractivity contribution < 1.29 is 5.11 Å². The average molecular weight is 226 g/mol. The normalized spacial score (nSPS) is 18.0. The largest absolute Gasteiger partial charge is 0.388 e. The molecular formula is C11H22N4O. The topological polar surface area (TPSA) is 54.2 Å². The van der Waals surface area contributed by atoms with Gasteiger partial charge in [0.05, 0.1) is 0 Å². The van der Waals surface area contributed by atoms with Crippen molar-refractivity contribution >= 4 is 0 Å². The van der Waals surface area contributed by atoms with Gasteiger partial charge in [-0.25, -0.2) is 0 Å². The van der Waals surface area contributed by atoms with Gasteiger partial charge in [0, 0.05) is 6.04 Å². The summed E-state index contributed by atoms with van der Waals surface area (Å²) in [6, 6.07) is 0.461. The van der Waals surface area contributed by atoms with Crippen molar-refractivity contribution in [3.8, 4) is 0 Å². The Balaban J connectivity index is 0.000000606. The summed E-state index contributed by atoms with van der Waals surface area (Å²) in [5.74, 6) is 0.680. The standard InChI is InChI=1S/C9H16N4O.C2H6/c1-12-4-2-8(3-5-12)13-7-10-11-9(13)6-14;1-2/h7-8,14H,2-6H2,1H3;1-2H3. The lowest BCUT2D eigenvalue weighted by Gasteiger charge is -2.30. The fourth-order valence-corrected chi connectivity index (χ4v) is 1.96. The highest BCUT2D eigenvalue weighted by Crippen LogP contribution is 2.22. The van der Waals surface area contributed by atoms with Crippen molar-refractivity contribution in [2.75, 3.05) is 20.1 Å². The number of rotatable bonds is 2. The molecule has 0 radical (unpaired) electrons. The first-order chi connectivity index (χ1) is 7.81. The highest BCUT2D eigenvalue weighted by molar-refractivity contribution is 4.89. The van der Waals surface area contributed by atoms with E-state index in [9.17, 15) is 0 Å². The Bertz CT molecular complexity index is 292. The van der Waals surface area contributed by atoms with Gasteiger partial charge in [-0.2, -0.15) is 0 Å². The smallest absolute Gasteiger partial charge is 0.158 e. The van der Waals surface area contributed by atoms with Gasteiger partial charge >= 0.3 is 0 Å². The van der Waals surface area contributed by atoms with Crippen LogP contribution in [0.1, 0.15) is 38.6 Å². The van der Waals surface area contributed by atoms with Gasteiger partial charge in [-0.15, -0.1) is 10.2 Å². The predicted octanol–water partition coefficient (Wildman–Crippen LogP) is 1.06. The van der Waals surface area contributed by atoms with Crippen LogP contribution in [0.4, 0.5) is 0 Å². The third kappa shape index (κ3) is 3.02.